The van der Waals surface area contributed by atoms with Gasteiger partial charge in [-0.1, -0.05) is 44.2 Å². The molecule has 0 aromatic heterocycles. The van der Waals surface area contributed by atoms with Gasteiger partial charge in [-0.3, -0.25) is 0 Å². The van der Waals surface area contributed by atoms with Gasteiger partial charge >= 0.3 is 0 Å². The fourth-order valence-corrected chi connectivity index (χ4v) is 1.78. The minimum absolute atomic E-state index is 0.637. The summed E-state index contributed by atoms with van der Waals surface area (Å²) in [6, 6.07) is 6.31. The summed E-state index contributed by atoms with van der Waals surface area (Å²) in [4.78, 5) is 0. The Balaban J connectivity index is 2.67. The van der Waals surface area contributed by atoms with E-state index in [1.807, 2.05) is 19.1 Å². The molecule has 1 rings (SSSR count). The molecule has 2 heteroatoms. The number of ether oxygens (including phenoxy) is 1. The highest BCUT2D eigenvalue weighted by Gasteiger charge is 2.06. The zero-order chi connectivity index (χ0) is 13.4. The number of hydrogen-bond acceptors (Lipinski definition) is 2. The maximum atomic E-state index is 5.84. The standard InChI is InChI=1S/C16H25NO/c1-5-6-10-18-16-14(4)8-7-9-15(16)12-17-11-13(2)3/h5-9,13,17H,10-12H2,1-4H3/b6-5+. The van der Waals surface area contributed by atoms with Gasteiger partial charge in [0.25, 0.3) is 0 Å². The molecule has 1 aromatic rings. The molecule has 0 radical (unpaired) electrons. The number of benzene rings is 1. The molecule has 0 saturated heterocycles. The largest absolute Gasteiger partial charge is 0.489 e. The van der Waals surface area contributed by atoms with Gasteiger partial charge in [-0.05, 0) is 31.9 Å². The van der Waals surface area contributed by atoms with Crippen LogP contribution in [0.4, 0.5) is 0 Å². The minimum Gasteiger partial charge on any atom is -0.489 e. The molecule has 0 unspecified atom stereocenters. The Hall–Kier alpha value is -1.28. The summed E-state index contributed by atoms with van der Waals surface area (Å²) < 4.78 is 5.84. The summed E-state index contributed by atoms with van der Waals surface area (Å²) >= 11 is 0. The first-order valence-corrected chi connectivity index (χ1v) is 6.68. The van der Waals surface area contributed by atoms with Crippen molar-refractivity contribution in [1.29, 1.82) is 0 Å². The predicted octanol–water partition coefficient (Wildman–Crippen LogP) is 3.70. The smallest absolute Gasteiger partial charge is 0.127 e. The van der Waals surface area contributed by atoms with Crippen molar-refractivity contribution in [1.82, 2.24) is 5.32 Å². The average Bonchev–Trinajstić information content (AvgIpc) is 2.32. The summed E-state index contributed by atoms with van der Waals surface area (Å²) in [5.41, 5.74) is 2.43. The van der Waals surface area contributed by atoms with Gasteiger partial charge in [0.2, 0.25) is 0 Å². The number of para-hydroxylation sites is 1. The lowest BCUT2D eigenvalue weighted by Crippen LogP contribution is -2.19. The molecule has 0 spiro atoms. The molecule has 0 bridgehead atoms. The molecular weight excluding hydrogens is 222 g/mol. The minimum atomic E-state index is 0.637. The third-order valence-electron chi connectivity index (χ3n) is 2.72. The Bertz CT molecular complexity index is 383. The van der Waals surface area contributed by atoms with Crippen molar-refractivity contribution in [3.8, 4) is 5.75 Å². The second-order valence-corrected chi connectivity index (χ2v) is 4.97. The molecule has 0 amide bonds. The van der Waals surface area contributed by atoms with Crippen LogP contribution in [0.25, 0.3) is 0 Å². The van der Waals surface area contributed by atoms with E-state index in [1.54, 1.807) is 0 Å². The van der Waals surface area contributed by atoms with Crippen molar-refractivity contribution in [2.24, 2.45) is 5.92 Å². The van der Waals surface area contributed by atoms with Gasteiger partial charge in [-0.2, -0.15) is 0 Å². The molecule has 0 fully saturated rings. The molecular formula is C16H25NO. The van der Waals surface area contributed by atoms with Crippen molar-refractivity contribution < 1.29 is 4.74 Å². The topological polar surface area (TPSA) is 21.3 Å². The number of rotatable bonds is 7. The Labute approximate surface area is 111 Å². The lowest BCUT2D eigenvalue weighted by atomic mass is 10.1. The molecule has 0 aliphatic rings. The zero-order valence-corrected chi connectivity index (χ0v) is 12.0. The maximum absolute atomic E-state index is 5.84. The van der Waals surface area contributed by atoms with E-state index in [1.165, 1.54) is 11.1 Å². The van der Waals surface area contributed by atoms with Crippen LogP contribution < -0.4 is 10.1 Å². The first kappa shape index (κ1) is 14.8. The second-order valence-electron chi connectivity index (χ2n) is 4.97. The highest BCUT2D eigenvalue weighted by atomic mass is 16.5. The third kappa shape index (κ3) is 4.92. The molecule has 0 saturated carbocycles. The summed E-state index contributed by atoms with van der Waals surface area (Å²) in [5, 5.41) is 3.46. The van der Waals surface area contributed by atoms with Gasteiger partial charge < -0.3 is 10.1 Å². The fourth-order valence-electron chi connectivity index (χ4n) is 1.78. The van der Waals surface area contributed by atoms with Crippen LogP contribution in [0.3, 0.4) is 0 Å². The van der Waals surface area contributed by atoms with Crippen LogP contribution >= 0.6 is 0 Å². The molecule has 2 nitrogen and oxygen atoms in total. The Kier molecular flexibility index (Phi) is 6.51. The first-order chi connectivity index (χ1) is 8.65. The Morgan fingerprint density at radius 3 is 2.78 bits per heavy atom. The van der Waals surface area contributed by atoms with Crippen LogP contribution in [-0.2, 0) is 6.54 Å². The van der Waals surface area contributed by atoms with Crippen LogP contribution in [0.2, 0.25) is 0 Å². The molecule has 18 heavy (non-hydrogen) atoms. The van der Waals surface area contributed by atoms with E-state index in [0.29, 0.717) is 12.5 Å². The van der Waals surface area contributed by atoms with Crippen LogP contribution in [0, 0.1) is 12.8 Å². The van der Waals surface area contributed by atoms with Crippen molar-refractivity contribution in [3.05, 3.63) is 41.5 Å². The molecule has 0 aliphatic heterocycles. The Morgan fingerprint density at radius 2 is 2.11 bits per heavy atom. The molecule has 0 atom stereocenters. The SMILES string of the molecule is C/C=C/COc1c(C)cccc1CNCC(C)C. The third-order valence-corrected chi connectivity index (χ3v) is 2.72. The van der Waals surface area contributed by atoms with Gasteiger partial charge in [-0.15, -0.1) is 0 Å². The van der Waals surface area contributed by atoms with Crippen molar-refractivity contribution in [2.75, 3.05) is 13.2 Å². The normalized spacial score (nSPS) is 11.4. The van der Waals surface area contributed by atoms with Crippen LogP contribution in [-0.4, -0.2) is 13.2 Å². The summed E-state index contributed by atoms with van der Waals surface area (Å²) in [7, 11) is 0. The van der Waals surface area contributed by atoms with E-state index in [9.17, 15) is 0 Å². The fraction of sp³-hybridized carbons (Fsp3) is 0.500. The second kappa shape index (κ2) is 7.93. The van der Waals surface area contributed by atoms with Gasteiger partial charge in [0.15, 0.2) is 0 Å². The molecule has 1 aromatic carbocycles. The van der Waals surface area contributed by atoms with Crippen molar-refractivity contribution in [3.63, 3.8) is 0 Å². The monoisotopic (exact) mass is 247 g/mol. The van der Waals surface area contributed by atoms with Gasteiger partial charge in [-0.25, -0.2) is 0 Å². The van der Waals surface area contributed by atoms with Gasteiger partial charge in [0, 0.05) is 12.1 Å². The van der Waals surface area contributed by atoms with Gasteiger partial charge in [0.05, 0.1) is 0 Å². The highest BCUT2D eigenvalue weighted by molar-refractivity contribution is 5.40. The first-order valence-electron chi connectivity index (χ1n) is 6.68. The molecule has 100 valence electrons. The highest BCUT2D eigenvalue weighted by Crippen LogP contribution is 2.23. The number of aryl methyl sites for hydroxylation is 1. The van der Waals surface area contributed by atoms with E-state index in [4.69, 9.17) is 4.74 Å². The maximum Gasteiger partial charge on any atom is 0.127 e. The number of allylic oxidation sites excluding steroid dienone is 1. The van der Waals surface area contributed by atoms with E-state index in [-0.39, 0.29) is 0 Å². The van der Waals surface area contributed by atoms with Crippen molar-refractivity contribution >= 4 is 0 Å². The predicted molar refractivity (Wildman–Crippen MR) is 78.0 cm³/mol. The van der Waals surface area contributed by atoms with Crippen LogP contribution in [0.5, 0.6) is 5.75 Å². The molecule has 1 N–H and O–H groups in total. The lowest BCUT2D eigenvalue weighted by molar-refractivity contribution is 0.354. The number of hydrogen-bond donors (Lipinski definition) is 1. The average molecular weight is 247 g/mol. The van der Waals surface area contributed by atoms with E-state index in [2.05, 4.69) is 44.3 Å². The molecule has 0 heterocycles. The Morgan fingerprint density at radius 1 is 1.33 bits per heavy atom. The van der Waals surface area contributed by atoms with E-state index in [0.717, 1.165) is 18.8 Å². The van der Waals surface area contributed by atoms with Crippen LogP contribution in [0.15, 0.2) is 30.4 Å². The summed E-state index contributed by atoms with van der Waals surface area (Å²) in [5.74, 6) is 1.69. The van der Waals surface area contributed by atoms with Crippen molar-refractivity contribution in [2.45, 2.75) is 34.2 Å². The number of nitrogens with one attached hydrogen (secondary N) is 1. The van der Waals surface area contributed by atoms with E-state index >= 15 is 0 Å². The van der Waals surface area contributed by atoms with E-state index < -0.39 is 0 Å². The quantitative estimate of drug-likeness (QED) is 0.742. The zero-order valence-electron chi connectivity index (χ0n) is 12.0. The summed E-state index contributed by atoms with van der Waals surface area (Å²) in [6.07, 6.45) is 4.03. The molecule has 0 aliphatic carbocycles. The van der Waals surface area contributed by atoms with Crippen LogP contribution in [0.1, 0.15) is 31.9 Å². The summed E-state index contributed by atoms with van der Waals surface area (Å²) in [6.45, 7) is 11.1. The van der Waals surface area contributed by atoms with Gasteiger partial charge in [0.1, 0.15) is 12.4 Å². The lowest BCUT2D eigenvalue weighted by Gasteiger charge is -2.14.